The maximum absolute atomic E-state index is 11.8. The quantitative estimate of drug-likeness (QED) is 0.858. The monoisotopic (exact) mass is 323 g/mol. The minimum Gasteiger partial charge on any atom is -0.368 e. The van der Waals surface area contributed by atoms with Gasteiger partial charge in [-0.3, -0.25) is 15.0 Å². The highest BCUT2D eigenvalue weighted by Gasteiger charge is 2.25. The summed E-state index contributed by atoms with van der Waals surface area (Å²) in [5.74, 6) is -0.312. The Bertz CT molecular complexity index is 636. The summed E-state index contributed by atoms with van der Waals surface area (Å²) in [4.78, 5) is 14.3. The minimum absolute atomic E-state index is 0.312. The van der Waals surface area contributed by atoms with E-state index in [-0.39, 0.29) is 5.91 Å². The van der Waals surface area contributed by atoms with Crippen LogP contribution < -0.4 is 11.1 Å². The Balaban J connectivity index is 1.53. The number of primary amides is 1. The van der Waals surface area contributed by atoms with Crippen molar-refractivity contribution in [2.75, 3.05) is 13.1 Å². The fourth-order valence-electron chi connectivity index (χ4n) is 3.32. The molecule has 126 valence electrons. The van der Waals surface area contributed by atoms with Crippen LogP contribution in [0.5, 0.6) is 0 Å². The molecule has 1 amide bonds. The number of nitrogens with zero attached hydrogens (tertiary/aromatic N) is 1. The topological polar surface area (TPSA) is 58.4 Å². The Kier molecular flexibility index (Phi) is 5.62. The second-order valence-corrected chi connectivity index (χ2v) is 6.45. The van der Waals surface area contributed by atoms with Crippen molar-refractivity contribution in [1.29, 1.82) is 0 Å². The summed E-state index contributed by atoms with van der Waals surface area (Å²) in [6, 6.07) is 20.2. The van der Waals surface area contributed by atoms with Crippen LogP contribution >= 0.6 is 0 Å². The number of carbonyl (C=O) groups is 1. The van der Waals surface area contributed by atoms with Crippen LogP contribution in [0.1, 0.15) is 30.0 Å². The number of carbonyl (C=O) groups excluding carboxylic acids is 1. The molecule has 0 aliphatic carbocycles. The molecule has 3 rings (SSSR count). The van der Waals surface area contributed by atoms with E-state index in [4.69, 9.17) is 5.73 Å². The van der Waals surface area contributed by atoms with Crippen LogP contribution in [0.15, 0.2) is 60.7 Å². The van der Waals surface area contributed by atoms with Crippen molar-refractivity contribution in [2.45, 2.75) is 31.5 Å². The minimum atomic E-state index is -0.406. The number of nitrogens with two attached hydrogens (primary N) is 1. The number of benzene rings is 2. The smallest absolute Gasteiger partial charge is 0.239 e. The van der Waals surface area contributed by atoms with E-state index in [2.05, 4.69) is 34.5 Å². The van der Waals surface area contributed by atoms with Crippen molar-refractivity contribution in [3.8, 4) is 0 Å². The van der Waals surface area contributed by atoms with E-state index in [0.29, 0.717) is 6.04 Å². The lowest BCUT2D eigenvalue weighted by Crippen LogP contribution is -2.46. The van der Waals surface area contributed by atoms with Gasteiger partial charge in [0.2, 0.25) is 5.91 Å². The SMILES string of the molecule is NC(=O)C(NC1CCN(Cc2ccccc2)CC1)c1ccccc1. The summed E-state index contributed by atoms with van der Waals surface area (Å²) in [5, 5.41) is 3.45. The molecule has 1 fully saturated rings. The Morgan fingerprint density at radius 1 is 1.04 bits per heavy atom. The van der Waals surface area contributed by atoms with Crippen molar-refractivity contribution in [3.05, 3.63) is 71.8 Å². The van der Waals surface area contributed by atoms with Crippen LogP contribution in [0.3, 0.4) is 0 Å². The Labute approximate surface area is 143 Å². The number of rotatable bonds is 6. The lowest BCUT2D eigenvalue weighted by molar-refractivity contribution is -0.120. The van der Waals surface area contributed by atoms with E-state index >= 15 is 0 Å². The molecule has 3 N–H and O–H groups in total. The van der Waals surface area contributed by atoms with Crippen molar-refractivity contribution < 1.29 is 4.79 Å². The maximum atomic E-state index is 11.8. The van der Waals surface area contributed by atoms with Gasteiger partial charge in [0.15, 0.2) is 0 Å². The zero-order valence-electron chi connectivity index (χ0n) is 13.9. The van der Waals surface area contributed by atoms with Crippen LogP contribution in [0.25, 0.3) is 0 Å². The average Bonchev–Trinajstić information content (AvgIpc) is 2.62. The molecule has 0 saturated carbocycles. The third-order valence-electron chi connectivity index (χ3n) is 4.66. The number of amides is 1. The number of nitrogens with one attached hydrogen (secondary N) is 1. The summed E-state index contributed by atoms with van der Waals surface area (Å²) < 4.78 is 0. The lowest BCUT2D eigenvalue weighted by Gasteiger charge is -2.34. The van der Waals surface area contributed by atoms with E-state index in [1.807, 2.05) is 36.4 Å². The molecule has 0 radical (unpaired) electrons. The van der Waals surface area contributed by atoms with Crippen LogP contribution in [-0.4, -0.2) is 29.9 Å². The van der Waals surface area contributed by atoms with Crippen molar-refractivity contribution in [3.63, 3.8) is 0 Å². The molecular formula is C20H25N3O. The summed E-state index contributed by atoms with van der Waals surface area (Å²) in [6.45, 7) is 3.06. The predicted octanol–water partition coefficient (Wildman–Crippen LogP) is 2.47. The van der Waals surface area contributed by atoms with Gasteiger partial charge in [-0.1, -0.05) is 60.7 Å². The third-order valence-corrected chi connectivity index (χ3v) is 4.66. The van der Waals surface area contributed by atoms with Gasteiger partial charge in [0.25, 0.3) is 0 Å². The average molecular weight is 323 g/mol. The Morgan fingerprint density at radius 3 is 2.21 bits per heavy atom. The molecule has 0 spiro atoms. The molecule has 4 nitrogen and oxygen atoms in total. The molecule has 2 aromatic rings. The molecule has 1 aliphatic rings. The first-order chi connectivity index (χ1) is 11.7. The molecular weight excluding hydrogens is 298 g/mol. The standard InChI is InChI=1S/C20H25N3O/c21-20(24)19(17-9-5-2-6-10-17)22-18-11-13-23(14-12-18)15-16-7-3-1-4-8-16/h1-10,18-19,22H,11-15H2,(H2,21,24). The van der Waals surface area contributed by atoms with Gasteiger partial charge in [0, 0.05) is 12.6 Å². The first-order valence-corrected chi connectivity index (χ1v) is 8.59. The number of hydrogen-bond donors (Lipinski definition) is 2. The highest BCUT2D eigenvalue weighted by Crippen LogP contribution is 2.19. The normalized spacial score (nSPS) is 17.5. The van der Waals surface area contributed by atoms with Gasteiger partial charge in [-0.05, 0) is 37.1 Å². The summed E-state index contributed by atoms with van der Waals surface area (Å²) in [5.41, 5.74) is 7.90. The van der Waals surface area contributed by atoms with Crippen molar-refractivity contribution >= 4 is 5.91 Å². The molecule has 1 unspecified atom stereocenters. The first-order valence-electron chi connectivity index (χ1n) is 8.59. The number of piperidine rings is 1. The Hall–Kier alpha value is -2.17. The predicted molar refractivity (Wildman–Crippen MR) is 96.3 cm³/mol. The molecule has 4 heteroatoms. The second kappa shape index (κ2) is 8.08. The Morgan fingerprint density at radius 2 is 1.62 bits per heavy atom. The van der Waals surface area contributed by atoms with Crippen LogP contribution in [0.4, 0.5) is 0 Å². The van der Waals surface area contributed by atoms with Crippen LogP contribution in [-0.2, 0) is 11.3 Å². The van der Waals surface area contributed by atoms with Gasteiger partial charge in [0.1, 0.15) is 6.04 Å². The number of likely N-dealkylation sites (tertiary alicyclic amines) is 1. The van der Waals surface area contributed by atoms with Crippen molar-refractivity contribution in [1.82, 2.24) is 10.2 Å². The van der Waals surface area contributed by atoms with Gasteiger partial charge >= 0.3 is 0 Å². The third kappa shape index (κ3) is 4.43. The fourth-order valence-corrected chi connectivity index (χ4v) is 3.32. The molecule has 24 heavy (non-hydrogen) atoms. The largest absolute Gasteiger partial charge is 0.368 e. The van der Waals surface area contributed by atoms with E-state index in [0.717, 1.165) is 38.0 Å². The van der Waals surface area contributed by atoms with Crippen LogP contribution in [0.2, 0.25) is 0 Å². The zero-order chi connectivity index (χ0) is 16.8. The van der Waals surface area contributed by atoms with E-state index in [9.17, 15) is 4.79 Å². The molecule has 0 aromatic heterocycles. The molecule has 1 saturated heterocycles. The molecule has 1 atom stereocenters. The van der Waals surface area contributed by atoms with Gasteiger partial charge < -0.3 is 5.73 Å². The van der Waals surface area contributed by atoms with Gasteiger partial charge in [-0.2, -0.15) is 0 Å². The first kappa shape index (κ1) is 16.7. The van der Waals surface area contributed by atoms with E-state index < -0.39 is 6.04 Å². The zero-order valence-corrected chi connectivity index (χ0v) is 13.9. The highest BCUT2D eigenvalue weighted by molar-refractivity contribution is 5.81. The van der Waals surface area contributed by atoms with Crippen LogP contribution in [0, 0.1) is 0 Å². The maximum Gasteiger partial charge on any atom is 0.239 e. The molecule has 1 aliphatic heterocycles. The van der Waals surface area contributed by atoms with Gasteiger partial charge in [0.05, 0.1) is 0 Å². The summed E-state index contributed by atoms with van der Waals surface area (Å²) >= 11 is 0. The molecule has 1 heterocycles. The fraction of sp³-hybridized carbons (Fsp3) is 0.350. The van der Waals surface area contributed by atoms with E-state index in [1.54, 1.807) is 0 Å². The van der Waals surface area contributed by atoms with Gasteiger partial charge in [-0.25, -0.2) is 0 Å². The second-order valence-electron chi connectivity index (χ2n) is 6.45. The summed E-state index contributed by atoms with van der Waals surface area (Å²) in [7, 11) is 0. The van der Waals surface area contributed by atoms with Crippen molar-refractivity contribution in [2.24, 2.45) is 5.73 Å². The lowest BCUT2D eigenvalue weighted by atomic mass is 10.00. The molecule has 2 aromatic carbocycles. The summed E-state index contributed by atoms with van der Waals surface area (Å²) in [6.07, 6.45) is 2.06. The molecule has 0 bridgehead atoms. The van der Waals surface area contributed by atoms with Gasteiger partial charge in [-0.15, -0.1) is 0 Å². The van der Waals surface area contributed by atoms with E-state index in [1.165, 1.54) is 5.56 Å². The highest BCUT2D eigenvalue weighted by atomic mass is 16.1. The number of hydrogen-bond acceptors (Lipinski definition) is 3.